The van der Waals surface area contributed by atoms with Gasteiger partial charge in [0.15, 0.2) is 5.11 Å². The van der Waals surface area contributed by atoms with Crippen molar-refractivity contribution in [2.24, 2.45) is 0 Å². The summed E-state index contributed by atoms with van der Waals surface area (Å²) in [7, 11) is 0. The first-order chi connectivity index (χ1) is 12.1. The summed E-state index contributed by atoms with van der Waals surface area (Å²) < 4.78 is 1.07. The molecule has 7 heteroatoms. The molecule has 0 saturated carbocycles. The van der Waals surface area contributed by atoms with Crippen LogP contribution in [0.5, 0.6) is 0 Å². The number of rotatable bonds is 3. The number of hydrogen-bond donors (Lipinski definition) is 1. The van der Waals surface area contributed by atoms with Crippen molar-refractivity contribution in [2.45, 2.75) is 12.1 Å². The minimum Gasteiger partial charge on any atom is -0.351 e. The maximum Gasteiger partial charge on any atom is 0.174 e. The summed E-state index contributed by atoms with van der Waals surface area (Å²) in [6.45, 7) is 0. The summed E-state index contributed by atoms with van der Waals surface area (Å²) >= 11 is 17.0. The summed E-state index contributed by atoms with van der Waals surface area (Å²) in [4.78, 5) is 7.90. The van der Waals surface area contributed by atoms with Crippen LogP contribution in [0.3, 0.4) is 0 Å². The lowest BCUT2D eigenvalue weighted by Gasteiger charge is -2.26. The van der Waals surface area contributed by atoms with E-state index in [2.05, 4.69) is 42.6 Å². The van der Waals surface area contributed by atoms with Crippen molar-refractivity contribution in [1.82, 2.24) is 10.3 Å². The molecule has 25 heavy (non-hydrogen) atoms. The molecule has 126 valence electrons. The lowest BCUT2D eigenvalue weighted by molar-refractivity contribution is 0.575. The van der Waals surface area contributed by atoms with Gasteiger partial charge in [-0.05, 0) is 70.6 Å². The average molecular weight is 451 g/mol. The largest absolute Gasteiger partial charge is 0.351 e. The first kappa shape index (κ1) is 17.0. The van der Waals surface area contributed by atoms with Crippen molar-refractivity contribution < 1.29 is 0 Å². The standard InChI is InChI=1S/C18H13BrClN3S2/c19-11-9-15(25-10-11)17-16(14-3-1-2-8-21-14)22-18(24)23(17)13-6-4-12(20)5-7-13/h1-10,16-17H,(H,22,24)/t16-,17+/m0/s1. The van der Waals surface area contributed by atoms with Crippen LogP contribution >= 0.6 is 51.1 Å². The van der Waals surface area contributed by atoms with Gasteiger partial charge in [-0.3, -0.25) is 4.98 Å². The van der Waals surface area contributed by atoms with Crippen molar-refractivity contribution in [1.29, 1.82) is 0 Å². The Morgan fingerprint density at radius 1 is 1.20 bits per heavy atom. The van der Waals surface area contributed by atoms with Crippen LogP contribution in [0, 0.1) is 0 Å². The molecule has 3 nitrogen and oxygen atoms in total. The van der Waals surface area contributed by atoms with Crippen LogP contribution < -0.4 is 10.2 Å². The second-order valence-corrected chi connectivity index (χ2v) is 8.32. The molecular weight excluding hydrogens is 438 g/mol. The fourth-order valence-corrected chi connectivity index (χ4v) is 5.05. The SMILES string of the molecule is S=C1N[C@@H](c2ccccn2)[C@@H](c2cc(Br)cs2)N1c1ccc(Cl)cc1. The average Bonchev–Trinajstić information content (AvgIpc) is 3.20. The maximum atomic E-state index is 6.05. The zero-order valence-electron chi connectivity index (χ0n) is 12.9. The van der Waals surface area contributed by atoms with Crippen LogP contribution in [0.1, 0.15) is 22.7 Å². The molecule has 0 radical (unpaired) electrons. The van der Waals surface area contributed by atoms with Gasteiger partial charge in [-0.15, -0.1) is 11.3 Å². The third kappa shape index (κ3) is 3.31. The summed E-state index contributed by atoms with van der Waals surface area (Å²) in [5, 5.41) is 6.93. The Hall–Kier alpha value is -1.47. The molecule has 0 bridgehead atoms. The van der Waals surface area contributed by atoms with E-state index in [1.165, 1.54) is 4.88 Å². The number of aromatic nitrogens is 1. The van der Waals surface area contributed by atoms with Crippen LogP contribution in [-0.2, 0) is 0 Å². The molecule has 3 aromatic rings. The summed E-state index contributed by atoms with van der Waals surface area (Å²) in [5.41, 5.74) is 1.98. The van der Waals surface area contributed by atoms with Crippen molar-refractivity contribution >= 4 is 61.9 Å². The number of pyridine rings is 1. The normalized spacial score (nSPS) is 19.9. The van der Waals surface area contributed by atoms with Gasteiger partial charge in [0.05, 0.1) is 17.8 Å². The molecule has 2 aromatic heterocycles. The van der Waals surface area contributed by atoms with Gasteiger partial charge < -0.3 is 10.2 Å². The molecule has 1 N–H and O–H groups in total. The van der Waals surface area contributed by atoms with Crippen LogP contribution in [0.2, 0.25) is 5.02 Å². The second kappa shape index (κ2) is 7.03. The number of nitrogens with zero attached hydrogens (tertiary/aromatic N) is 2. The zero-order chi connectivity index (χ0) is 17.4. The Labute approximate surface area is 168 Å². The second-order valence-electron chi connectivity index (χ2n) is 5.64. The van der Waals surface area contributed by atoms with Gasteiger partial charge >= 0.3 is 0 Å². The van der Waals surface area contributed by atoms with Gasteiger partial charge in [0.25, 0.3) is 0 Å². The van der Waals surface area contributed by atoms with E-state index in [9.17, 15) is 0 Å². The van der Waals surface area contributed by atoms with Gasteiger partial charge in [0, 0.05) is 31.6 Å². The Morgan fingerprint density at radius 2 is 2.00 bits per heavy atom. The highest BCUT2D eigenvalue weighted by atomic mass is 79.9. The van der Waals surface area contributed by atoms with E-state index in [0.29, 0.717) is 10.1 Å². The number of nitrogens with one attached hydrogen (secondary N) is 1. The predicted molar refractivity (Wildman–Crippen MR) is 111 cm³/mol. The Kier molecular flexibility index (Phi) is 4.78. The van der Waals surface area contributed by atoms with E-state index >= 15 is 0 Å². The monoisotopic (exact) mass is 449 g/mol. The van der Waals surface area contributed by atoms with Crippen LogP contribution in [0.25, 0.3) is 0 Å². The Morgan fingerprint density at radius 3 is 2.64 bits per heavy atom. The summed E-state index contributed by atoms with van der Waals surface area (Å²) in [6.07, 6.45) is 1.81. The first-order valence-corrected chi connectivity index (χ1v) is 10.1. The van der Waals surface area contributed by atoms with Crippen molar-refractivity contribution in [2.75, 3.05) is 4.90 Å². The first-order valence-electron chi connectivity index (χ1n) is 7.63. The highest BCUT2D eigenvalue weighted by Crippen LogP contribution is 2.44. The van der Waals surface area contributed by atoms with E-state index in [1.54, 1.807) is 11.3 Å². The van der Waals surface area contributed by atoms with Crippen molar-refractivity contribution in [3.05, 3.63) is 80.2 Å². The lowest BCUT2D eigenvalue weighted by atomic mass is 10.0. The highest BCUT2D eigenvalue weighted by molar-refractivity contribution is 9.10. The fraction of sp³-hybridized carbons (Fsp3) is 0.111. The predicted octanol–water partition coefficient (Wildman–Crippen LogP) is 5.74. The highest BCUT2D eigenvalue weighted by Gasteiger charge is 2.41. The molecule has 1 saturated heterocycles. The molecule has 1 aliphatic rings. The van der Waals surface area contributed by atoms with Gasteiger partial charge in [0.1, 0.15) is 0 Å². The van der Waals surface area contributed by atoms with E-state index in [0.717, 1.165) is 15.9 Å². The molecule has 0 aliphatic carbocycles. The zero-order valence-corrected chi connectivity index (χ0v) is 16.9. The summed E-state index contributed by atoms with van der Waals surface area (Å²) in [6, 6.07) is 15.9. The Bertz CT molecular complexity index is 898. The number of benzene rings is 1. The smallest absolute Gasteiger partial charge is 0.174 e. The molecular formula is C18H13BrClN3S2. The minimum atomic E-state index is -0.0186. The molecule has 0 unspecified atom stereocenters. The van der Waals surface area contributed by atoms with Gasteiger partial charge in [0.2, 0.25) is 0 Å². The van der Waals surface area contributed by atoms with E-state index in [-0.39, 0.29) is 12.1 Å². The third-order valence-electron chi connectivity index (χ3n) is 4.08. The number of hydrogen-bond acceptors (Lipinski definition) is 3. The van der Waals surface area contributed by atoms with Gasteiger partial charge in [-0.25, -0.2) is 0 Å². The van der Waals surface area contributed by atoms with E-state index in [4.69, 9.17) is 23.8 Å². The fourth-order valence-electron chi connectivity index (χ4n) is 3.01. The molecule has 3 heterocycles. The number of thiocarbonyl (C=S) groups is 1. The Balaban J connectivity index is 1.81. The molecule has 1 aliphatic heterocycles. The molecule has 0 spiro atoms. The quantitative estimate of drug-likeness (QED) is 0.515. The maximum absolute atomic E-state index is 6.05. The van der Waals surface area contributed by atoms with Crippen molar-refractivity contribution in [3.8, 4) is 0 Å². The molecule has 1 aromatic carbocycles. The summed E-state index contributed by atoms with van der Waals surface area (Å²) in [5.74, 6) is 0. The number of anilines is 1. The van der Waals surface area contributed by atoms with E-state index < -0.39 is 0 Å². The molecule has 0 amide bonds. The van der Waals surface area contributed by atoms with E-state index in [1.807, 2.05) is 48.7 Å². The number of halogens is 2. The molecule has 1 fully saturated rings. The minimum absolute atomic E-state index is 0.0186. The third-order valence-corrected chi connectivity index (χ3v) is 6.41. The van der Waals surface area contributed by atoms with Crippen molar-refractivity contribution in [3.63, 3.8) is 0 Å². The van der Waals surface area contributed by atoms with Gasteiger partial charge in [-0.2, -0.15) is 0 Å². The molecule has 4 rings (SSSR count). The van der Waals surface area contributed by atoms with Crippen LogP contribution in [-0.4, -0.2) is 10.1 Å². The number of thiophene rings is 1. The van der Waals surface area contributed by atoms with Gasteiger partial charge in [-0.1, -0.05) is 17.7 Å². The lowest BCUT2D eigenvalue weighted by Crippen LogP contribution is -2.28. The molecule has 2 atom stereocenters. The van der Waals surface area contributed by atoms with Crippen LogP contribution in [0.15, 0.2) is 64.6 Å². The van der Waals surface area contributed by atoms with Crippen LogP contribution in [0.4, 0.5) is 5.69 Å². The topological polar surface area (TPSA) is 28.2 Å².